The van der Waals surface area contributed by atoms with Crippen LogP contribution in [0.3, 0.4) is 0 Å². The Morgan fingerprint density at radius 1 is 1.18 bits per heavy atom. The molecule has 1 aliphatic rings. The summed E-state index contributed by atoms with van der Waals surface area (Å²) in [4.78, 5) is 22.0. The van der Waals surface area contributed by atoms with Gasteiger partial charge in [-0.05, 0) is 30.2 Å². The van der Waals surface area contributed by atoms with Crippen molar-refractivity contribution in [3.05, 3.63) is 43.0 Å². The molecular formula is C16H22N2O4. The van der Waals surface area contributed by atoms with Gasteiger partial charge in [-0.15, -0.1) is 0 Å². The second kappa shape index (κ2) is 4.76. The molecule has 0 aliphatic heterocycles. The molecule has 0 aromatic heterocycles. The first-order valence-electron chi connectivity index (χ1n) is 7.47. The molecule has 0 amide bonds. The van der Waals surface area contributed by atoms with Crippen molar-refractivity contribution in [2.45, 2.75) is 58.8 Å². The van der Waals surface area contributed by atoms with Crippen LogP contribution >= 0.6 is 0 Å². The zero-order valence-electron chi connectivity index (χ0n) is 13.9. The highest BCUT2D eigenvalue weighted by molar-refractivity contribution is 5.67. The van der Waals surface area contributed by atoms with E-state index >= 15 is 0 Å². The molecule has 0 fully saturated rings. The fraction of sp³-hybridized carbons (Fsp3) is 0.625. The molecule has 0 saturated carbocycles. The molecule has 2 unspecified atom stereocenters. The van der Waals surface area contributed by atoms with E-state index in [1.165, 1.54) is 6.92 Å². The lowest BCUT2D eigenvalue weighted by Gasteiger charge is -2.34. The quantitative estimate of drug-likeness (QED) is 0.611. The predicted octanol–water partition coefficient (Wildman–Crippen LogP) is 4.41. The van der Waals surface area contributed by atoms with E-state index in [1.807, 2.05) is 27.7 Å². The minimum absolute atomic E-state index is 0.0778. The van der Waals surface area contributed by atoms with Crippen molar-refractivity contribution in [3.63, 3.8) is 0 Å². The Labute approximate surface area is 129 Å². The molecule has 22 heavy (non-hydrogen) atoms. The normalized spacial score (nSPS) is 25.8. The van der Waals surface area contributed by atoms with Crippen LogP contribution in [0.25, 0.3) is 0 Å². The number of hydrogen-bond acceptors (Lipinski definition) is 4. The van der Waals surface area contributed by atoms with Crippen LogP contribution in [0.1, 0.15) is 57.7 Å². The maximum atomic E-state index is 11.7. The van der Waals surface area contributed by atoms with E-state index in [4.69, 9.17) is 0 Å². The summed E-state index contributed by atoms with van der Waals surface area (Å²) in [5.74, 6) is 0.153. The molecule has 0 bridgehead atoms. The van der Waals surface area contributed by atoms with E-state index in [0.717, 1.165) is 12.0 Å². The van der Waals surface area contributed by atoms with Gasteiger partial charge in [0.05, 0.1) is 9.85 Å². The lowest BCUT2D eigenvalue weighted by atomic mass is 9.69. The Balaban J connectivity index is 3.01. The monoisotopic (exact) mass is 306 g/mol. The average Bonchev–Trinajstić information content (AvgIpc) is 2.57. The average molecular weight is 306 g/mol. The molecule has 0 saturated heterocycles. The standard InChI is InChI=1S/C16H22N2O4/c1-7-16(6)10(3)15(4,5)11-8-12(17(19)20)9(2)14(13(11)16)18(21)22/h8,10H,7H2,1-6H3. The summed E-state index contributed by atoms with van der Waals surface area (Å²) in [6.45, 7) is 11.6. The summed E-state index contributed by atoms with van der Waals surface area (Å²) in [6, 6.07) is 1.55. The van der Waals surface area contributed by atoms with Gasteiger partial charge in [-0.3, -0.25) is 20.2 Å². The number of fused-ring (bicyclic) bond motifs is 1. The van der Waals surface area contributed by atoms with Gasteiger partial charge in [0, 0.05) is 17.0 Å². The van der Waals surface area contributed by atoms with Crippen LogP contribution in [-0.4, -0.2) is 9.85 Å². The smallest absolute Gasteiger partial charge is 0.258 e. The third-order valence-electron chi connectivity index (χ3n) is 5.94. The van der Waals surface area contributed by atoms with Crippen LogP contribution in [0.5, 0.6) is 0 Å². The van der Waals surface area contributed by atoms with Crippen LogP contribution in [0.4, 0.5) is 11.4 Å². The number of hydrogen-bond donors (Lipinski definition) is 0. The van der Waals surface area contributed by atoms with Crippen molar-refractivity contribution in [2.75, 3.05) is 0 Å². The van der Waals surface area contributed by atoms with E-state index in [0.29, 0.717) is 5.56 Å². The summed E-state index contributed by atoms with van der Waals surface area (Å²) in [5.41, 5.74) is 0.633. The van der Waals surface area contributed by atoms with Crippen molar-refractivity contribution < 1.29 is 9.85 Å². The van der Waals surface area contributed by atoms with Gasteiger partial charge >= 0.3 is 0 Å². The van der Waals surface area contributed by atoms with Crippen molar-refractivity contribution in [1.29, 1.82) is 0 Å². The van der Waals surface area contributed by atoms with Gasteiger partial charge in [-0.2, -0.15) is 0 Å². The largest absolute Gasteiger partial charge is 0.283 e. The summed E-state index contributed by atoms with van der Waals surface area (Å²) in [7, 11) is 0. The molecule has 6 heteroatoms. The van der Waals surface area contributed by atoms with Gasteiger partial charge in [-0.1, -0.05) is 34.6 Å². The Kier molecular flexibility index (Phi) is 3.55. The minimum Gasteiger partial charge on any atom is -0.258 e. The van der Waals surface area contributed by atoms with Crippen LogP contribution in [0.2, 0.25) is 0 Å². The molecule has 1 aliphatic carbocycles. The van der Waals surface area contributed by atoms with Gasteiger partial charge in [0.1, 0.15) is 5.56 Å². The van der Waals surface area contributed by atoms with E-state index in [1.54, 1.807) is 6.07 Å². The molecule has 1 aromatic carbocycles. The van der Waals surface area contributed by atoms with Crippen molar-refractivity contribution in [1.82, 2.24) is 0 Å². The van der Waals surface area contributed by atoms with E-state index in [9.17, 15) is 20.2 Å². The molecule has 0 spiro atoms. The SMILES string of the molecule is CCC1(C)c2c(cc([N+](=O)[O-])c(C)c2[N+](=O)[O-])C(C)(C)C1C. The lowest BCUT2D eigenvalue weighted by Crippen LogP contribution is -2.33. The highest BCUT2D eigenvalue weighted by Gasteiger charge is 2.55. The van der Waals surface area contributed by atoms with Crippen molar-refractivity contribution in [3.8, 4) is 0 Å². The fourth-order valence-electron chi connectivity index (χ4n) is 3.99. The van der Waals surface area contributed by atoms with Gasteiger partial charge in [0.25, 0.3) is 11.4 Å². The van der Waals surface area contributed by atoms with Crippen LogP contribution in [0, 0.1) is 33.1 Å². The Morgan fingerprint density at radius 2 is 1.73 bits per heavy atom. The van der Waals surface area contributed by atoms with Gasteiger partial charge in [-0.25, -0.2) is 0 Å². The third kappa shape index (κ3) is 1.86. The molecular weight excluding hydrogens is 284 g/mol. The predicted molar refractivity (Wildman–Crippen MR) is 84.3 cm³/mol. The molecule has 6 nitrogen and oxygen atoms in total. The third-order valence-corrected chi connectivity index (χ3v) is 5.94. The molecule has 0 radical (unpaired) electrons. The fourth-order valence-corrected chi connectivity index (χ4v) is 3.99. The van der Waals surface area contributed by atoms with Gasteiger partial charge in [0.2, 0.25) is 0 Å². The zero-order valence-corrected chi connectivity index (χ0v) is 13.9. The molecule has 2 rings (SSSR count). The summed E-state index contributed by atoms with van der Waals surface area (Å²) in [5, 5.41) is 23.0. The number of rotatable bonds is 3. The topological polar surface area (TPSA) is 86.3 Å². The highest BCUT2D eigenvalue weighted by atomic mass is 16.6. The summed E-state index contributed by atoms with van der Waals surface area (Å²) >= 11 is 0. The van der Waals surface area contributed by atoms with E-state index < -0.39 is 9.85 Å². The van der Waals surface area contributed by atoms with Crippen LogP contribution in [0.15, 0.2) is 6.07 Å². The zero-order chi connectivity index (χ0) is 17.0. The first-order valence-corrected chi connectivity index (χ1v) is 7.47. The second-order valence-electron chi connectivity index (χ2n) is 7.02. The maximum Gasteiger partial charge on any atom is 0.283 e. The summed E-state index contributed by atoms with van der Waals surface area (Å²) in [6.07, 6.45) is 0.753. The van der Waals surface area contributed by atoms with Gasteiger partial charge in [0.15, 0.2) is 0 Å². The number of nitrogens with zero attached hydrogens (tertiary/aromatic N) is 2. The first kappa shape index (κ1) is 16.4. The Morgan fingerprint density at radius 3 is 2.14 bits per heavy atom. The summed E-state index contributed by atoms with van der Waals surface area (Å²) < 4.78 is 0. The van der Waals surface area contributed by atoms with Crippen molar-refractivity contribution in [2.24, 2.45) is 5.92 Å². The first-order chi connectivity index (χ1) is 10.00. The molecule has 0 N–H and O–H groups in total. The highest BCUT2D eigenvalue weighted by Crippen LogP contribution is 2.59. The number of benzene rings is 1. The van der Waals surface area contributed by atoms with Crippen molar-refractivity contribution >= 4 is 11.4 Å². The van der Waals surface area contributed by atoms with E-state index in [-0.39, 0.29) is 33.7 Å². The maximum absolute atomic E-state index is 11.7. The molecule has 0 heterocycles. The molecule has 2 atom stereocenters. The lowest BCUT2D eigenvalue weighted by molar-refractivity contribution is -0.396. The minimum atomic E-state index is -0.523. The Hall–Kier alpha value is -1.98. The van der Waals surface area contributed by atoms with Crippen LogP contribution < -0.4 is 0 Å². The van der Waals surface area contributed by atoms with Gasteiger partial charge < -0.3 is 0 Å². The van der Waals surface area contributed by atoms with Crippen LogP contribution in [-0.2, 0) is 10.8 Å². The number of nitro benzene ring substituents is 2. The Bertz CT molecular complexity index is 681. The molecule has 1 aromatic rings. The van der Waals surface area contributed by atoms with E-state index in [2.05, 4.69) is 6.92 Å². The number of nitro groups is 2. The molecule has 120 valence electrons. The second-order valence-corrected chi connectivity index (χ2v) is 7.02.